The van der Waals surface area contributed by atoms with E-state index in [0.717, 1.165) is 19.4 Å². The van der Waals surface area contributed by atoms with Crippen LogP contribution in [0, 0.1) is 0 Å². The Bertz CT molecular complexity index is 413. The molecule has 16 heavy (non-hydrogen) atoms. The molecule has 1 aliphatic heterocycles. The normalized spacial score (nSPS) is 25.8. The van der Waals surface area contributed by atoms with Crippen LogP contribution in [-0.2, 0) is 17.6 Å². The van der Waals surface area contributed by atoms with Crippen molar-refractivity contribution in [1.29, 1.82) is 0 Å². The highest BCUT2D eigenvalue weighted by Crippen LogP contribution is 2.25. The van der Waals surface area contributed by atoms with Gasteiger partial charge in [-0.25, -0.2) is 0 Å². The number of hydrogen-bond acceptors (Lipinski definition) is 2. The number of ketones is 1. The molecule has 2 aliphatic rings. The van der Waals surface area contributed by atoms with Crippen LogP contribution in [0.1, 0.15) is 24.0 Å². The van der Waals surface area contributed by atoms with E-state index in [-0.39, 0.29) is 0 Å². The molecule has 1 unspecified atom stereocenters. The van der Waals surface area contributed by atoms with Crippen molar-refractivity contribution >= 4 is 5.78 Å². The summed E-state index contributed by atoms with van der Waals surface area (Å²) < 4.78 is 0. The maximum atomic E-state index is 11.3. The number of likely N-dealkylation sites (tertiary alicyclic amines) is 1. The number of nitrogens with zero attached hydrogens (tertiary/aromatic N) is 1. The van der Waals surface area contributed by atoms with E-state index in [2.05, 4.69) is 29.2 Å². The maximum absolute atomic E-state index is 11.3. The molecule has 0 aromatic heterocycles. The van der Waals surface area contributed by atoms with Gasteiger partial charge in [0, 0.05) is 19.0 Å². The minimum Gasteiger partial charge on any atom is -0.298 e. The fourth-order valence-electron chi connectivity index (χ4n) is 2.95. The monoisotopic (exact) mass is 215 g/mol. The summed E-state index contributed by atoms with van der Waals surface area (Å²) in [5.41, 5.74) is 2.99. The zero-order chi connectivity index (χ0) is 11.0. The van der Waals surface area contributed by atoms with Gasteiger partial charge in [-0.05, 0) is 30.4 Å². The van der Waals surface area contributed by atoms with Crippen molar-refractivity contribution in [3.05, 3.63) is 35.4 Å². The quantitative estimate of drug-likeness (QED) is 0.712. The van der Waals surface area contributed by atoms with Crippen LogP contribution < -0.4 is 0 Å². The largest absolute Gasteiger partial charge is 0.298 e. The number of hydrogen-bond donors (Lipinski definition) is 0. The molecule has 1 saturated heterocycles. The van der Waals surface area contributed by atoms with Crippen LogP contribution in [0.5, 0.6) is 0 Å². The van der Waals surface area contributed by atoms with Crippen molar-refractivity contribution in [2.24, 2.45) is 0 Å². The third-order valence-electron chi connectivity index (χ3n) is 3.89. The van der Waals surface area contributed by atoms with Gasteiger partial charge in [0.15, 0.2) is 0 Å². The highest BCUT2D eigenvalue weighted by atomic mass is 16.1. The molecule has 0 radical (unpaired) electrons. The highest BCUT2D eigenvalue weighted by molar-refractivity contribution is 5.82. The first-order valence-electron chi connectivity index (χ1n) is 6.15. The van der Waals surface area contributed by atoms with Crippen LogP contribution in [0.25, 0.3) is 0 Å². The number of carbonyl (C=O) groups is 1. The van der Waals surface area contributed by atoms with Gasteiger partial charge in [-0.3, -0.25) is 9.69 Å². The average molecular weight is 215 g/mol. The van der Waals surface area contributed by atoms with Crippen LogP contribution in [0.2, 0.25) is 0 Å². The van der Waals surface area contributed by atoms with E-state index in [1.807, 2.05) is 0 Å². The second-order valence-electron chi connectivity index (χ2n) is 4.92. The molecular formula is C14H17NO. The molecule has 1 aromatic carbocycles. The van der Waals surface area contributed by atoms with Gasteiger partial charge in [0.05, 0.1) is 6.54 Å². The smallest absolute Gasteiger partial charge is 0.148 e. The highest BCUT2D eigenvalue weighted by Gasteiger charge is 2.28. The number of rotatable bonds is 1. The minimum absolute atomic E-state index is 0.416. The van der Waals surface area contributed by atoms with Crippen LogP contribution in [-0.4, -0.2) is 29.8 Å². The summed E-state index contributed by atoms with van der Waals surface area (Å²) in [5.74, 6) is 0.416. The summed E-state index contributed by atoms with van der Waals surface area (Å²) in [5, 5.41) is 0. The van der Waals surface area contributed by atoms with Gasteiger partial charge >= 0.3 is 0 Å². The molecule has 1 aliphatic carbocycles. The molecule has 1 heterocycles. The molecule has 0 spiro atoms. The van der Waals surface area contributed by atoms with E-state index >= 15 is 0 Å². The van der Waals surface area contributed by atoms with Crippen LogP contribution in [0.4, 0.5) is 0 Å². The predicted octanol–water partition coefficient (Wildman–Crippen LogP) is 1.82. The van der Waals surface area contributed by atoms with E-state index in [4.69, 9.17) is 0 Å². The molecule has 2 nitrogen and oxygen atoms in total. The Labute approximate surface area is 96.3 Å². The number of carbonyl (C=O) groups excluding carboxylic acids is 1. The molecule has 1 fully saturated rings. The van der Waals surface area contributed by atoms with E-state index in [0.29, 0.717) is 18.4 Å². The second kappa shape index (κ2) is 4.02. The number of Topliss-reactive ketones (excluding diaryl/α,β-unsaturated/α-hetero) is 1. The lowest BCUT2D eigenvalue weighted by atomic mass is 9.88. The van der Waals surface area contributed by atoms with E-state index in [1.165, 1.54) is 24.0 Å². The Morgan fingerprint density at radius 3 is 2.69 bits per heavy atom. The molecule has 0 amide bonds. The first kappa shape index (κ1) is 10.0. The summed E-state index contributed by atoms with van der Waals surface area (Å²) in [6, 6.07) is 9.32. The lowest BCUT2D eigenvalue weighted by molar-refractivity contribution is -0.117. The molecule has 0 bridgehead atoms. The number of fused-ring (bicyclic) bond motifs is 1. The molecular weight excluding hydrogens is 198 g/mol. The van der Waals surface area contributed by atoms with Gasteiger partial charge in [-0.15, -0.1) is 0 Å². The Hall–Kier alpha value is -1.15. The molecule has 0 saturated carbocycles. The summed E-state index contributed by atoms with van der Waals surface area (Å²) in [4.78, 5) is 13.7. The Morgan fingerprint density at radius 2 is 1.94 bits per heavy atom. The summed E-state index contributed by atoms with van der Waals surface area (Å²) >= 11 is 0. The van der Waals surface area contributed by atoms with Gasteiger partial charge in [0.25, 0.3) is 0 Å². The second-order valence-corrected chi connectivity index (χ2v) is 4.92. The van der Waals surface area contributed by atoms with Crippen molar-refractivity contribution in [2.75, 3.05) is 13.1 Å². The summed E-state index contributed by atoms with van der Waals surface area (Å²) in [6.07, 6.45) is 4.28. The van der Waals surface area contributed by atoms with Gasteiger partial charge in [0.2, 0.25) is 0 Å². The fourth-order valence-corrected chi connectivity index (χ4v) is 2.95. The van der Waals surface area contributed by atoms with Crippen molar-refractivity contribution in [3.8, 4) is 0 Å². The first-order valence-corrected chi connectivity index (χ1v) is 6.15. The van der Waals surface area contributed by atoms with E-state index in [9.17, 15) is 4.79 Å². The zero-order valence-electron chi connectivity index (χ0n) is 9.48. The topological polar surface area (TPSA) is 20.3 Å². The SMILES string of the molecule is O=C1CCN(C2CCc3ccccc3C2)C1. The van der Waals surface area contributed by atoms with E-state index in [1.54, 1.807) is 0 Å². The lowest BCUT2D eigenvalue weighted by Gasteiger charge is -2.31. The average Bonchev–Trinajstić information content (AvgIpc) is 2.75. The van der Waals surface area contributed by atoms with Crippen molar-refractivity contribution < 1.29 is 4.79 Å². The van der Waals surface area contributed by atoms with Crippen molar-refractivity contribution in [3.63, 3.8) is 0 Å². The molecule has 84 valence electrons. The van der Waals surface area contributed by atoms with Gasteiger partial charge in [-0.1, -0.05) is 24.3 Å². The van der Waals surface area contributed by atoms with Gasteiger partial charge in [-0.2, -0.15) is 0 Å². The fraction of sp³-hybridized carbons (Fsp3) is 0.500. The Balaban J connectivity index is 1.75. The molecule has 1 aromatic rings. The predicted molar refractivity (Wildman–Crippen MR) is 63.5 cm³/mol. The van der Waals surface area contributed by atoms with Crippen LogP contribution >= 0.6 is 0 Å². The Morgan fingerprint density at radius 1 is 1.12 bits per heavy atom. The maximum Gasteiger partial charge on any atom is 0.148 e. The van der Waals surface area contributed by atoms with E-state index < -0.39 is 0 Å². The van der Waals surface area contributed by atoms with Gasteiger partial charge in [0.1, 0.15) is 5.78 Å². The molecule has 3 rings (SSSR count). The number of benzene rings is 1. The zero-order valence-corrected chi connectivity index (χ0v) is 9.48. The lowest BCUT2D eigenvalue weighted by Crippen LogP contribution is -2.37. The molecule has 2 heteroatoms. The Kier molecular flexibility index (Phi) is 2.52. The number of aryl methyl sites for hydroxylation is 1. The molecule has 1 atom stereocenters. The van der Waals surface area contributed by atoms with Crippen LogP contribution in [0.15, 0.2) is 24.3 Å². The van der Waals surface area contributed by atoms with Crippen LogP contribution in [0.3, 0.4) is 0 Å². The third kappa shape index (κ3) is 1.78. The van der Waals surface area contributed by atoms with Crippen molar-refractivity contribution in [1.82, 2.24) is 4.90 Å². The van der Waals surface area contributed by atoms with Crippen molar-refractivity contribution in [2.45, 2.75) is 31.7 Å². The standard InChI is InChI=1S/C14H17NO/c16-14-7-8-15(10-14)13-6-5-11-3-1-2-4-12(11)9-13/h1-4,13H,5-10H2. The van der Waals surface area contributed by atoms with Gasteiger partial charge < -0.3 is 0 Å². The first-order chi connectivity index (χ1) is 7.83. The third-order valence-corrected chi connectivity index (χ3v) is 3.89. The molecule has 0 N–H and O–H groups in total. The summed E-state index contributed by atoms with van der Waals surface area (Å²) in [6.45, 7) is 1.67. The minimum atomic E-state index is 0.416. The summed E-state index contributed by atoms with van der Waals surface area (Å²) in [7, 11) is 0.